The van der Waals surface area contributed by atoms with Gasteiger partial charge in [-0.25, -0.2) is 4.79 Å². The van der Waals surface area contributed by atoms with E-state index >= 15 is 0 Å². The van der Waals surface area contributed by atoms with Crippen molar-refractivity contribution in [3.05, 3.63) is 75.7 Å². The van der Waals surface area contributed by atoms with Gasteiger partial charge >= 0.3 is 6.03 Å². The third kappa shape index (κ3) is 6.79. The maximum Gasteiger partial charge on any atom is 0.319 e. The number of thiophene rings is 1. The van der Waals surface area contributed by atoms with Crippen LogP contribution in [0.3, 0.4) is 0 Å². The minimum Gasteiger partial charge on any atom is -0.346 e. The van der Waals surface area contributed by atoms with Gasteiger partial charge < -0.3 is 25.8 Å². The minimum atomic E-state index is -0.548. The highest BCUT2D eigenvalue weighted by molar-refractivity contribution is 7.19. The minimum absolute atomic E-state index is 0.0929. The number of nitrogens with one attached hydrogen (secondary N) is 4. The van der Waals surface area contributed by atoms with Gasteiger partial charge in [-0.15, -0.1) is 11.3 Å². The number of benzene rings is 2. The Bertz CT molecular complexity index is 1810. The number of carbonyl (C=O) groups is 2. The number of fused-ring (bicyclic) bond motifs is 1. The second kappa shape index (κ2) is 13.6. The Morgan fingerprint density at radius 2 is 1.67 bits per heavy atom. The molecule has 2 saturated carbocycles. The fraction of sp³-hybridized carbons (Fsp3) is 0.512. The summed E-state index contributed by atoms with van der Waals surface area (Å²) in [4.78, 5) is 34.4. The topological polar surface area (TPSA) is 89.3 Å². The lowest BCUT2D eigenvalue weighted by atomic mass is 9.79. The number of aromatic nitrogens is 1. The molecule has 2 aromatic carbocycles. The van der Waals surface area contributed by atoms with E-state index in [1.165, 1.54) is 58.2 Å². The Labute approximate surface area is 296 Å². The quantitative estimate of drug-likeness (QED) is 0.119. The van der Waals surface area contributed by atoms with Gasteiger partial charge in [0.15, 0.2) is 0 Å². The van der Waals surface area contributed by atoms with Crippen molar-refractivity contribution >= 4 is 39.2 Å². The van der Waals surface area contributed by atoms with E-state index in [4.69, 9.17) is 0 Å². The van der Waals surface area contributed by atoms with Crippen molar-refractivity contribution in [1.82, 2.24) is 20.5 Å². The standard InChI is InChI=1S/C39H49N5O2S.C2H6/c1-22(2)41-37(46)42-28-10-8-26(9-11-28)12-13-40-21-25(5)33-30-17-32(38(6,7)36(45)44-29-18-39(19-29)20-31(39)44)47-35(30)43-34(33)27-15-23(3)14-24(4)16-27;1-2/h8-11,14-17,22,25,29,31,40,43H,12-13,18-21H2,1-7H3,(H2,41,42,46);1-2H3/t25-,29?,31?,39?;/m1./s1. The van der Waals surface area contributed by atoms with Crippen LogP contribution in [0.2, 0.25) is 0 Å². The van der Waals surface area contributed by atoms with Crippen LogP contribution < -0.4 is 16.0 Å². The molecule has 2 aromatic heterocycles. The molecule has 49 heavy (non-hydrogen) atoms. The Hall–Kier alpha value is -3.62. The van der Waals surface area contributed by atoms with Crippen molar-refractivity contribution in [2.24, 2.45) is 5.41 Å². The maximum atomic E-state index is 14.0. The molecule has 8 rings (SSSR count). The Kier molecular flexibility index (Phi) is 9.77. The van der Waals surface area contributed by atoms with Gasteiger partial charge in [0.25, 0.3) is 0 Å². The molecular weight excluding hydrogens is 627 g/mol. The van der Waals surface area contributed by atoms with Crippen molar-refractivity contribution in [2.45, 2.75) is 117 Å². The predicted molar refractivity (Wildman–Crippen MR) is 205 cm³/mol. The second-order valence-corrected chi connectivity index (χ2v) is 16.5. The summed E-state index contributed by atoms with van der Waals surface area (Å²) in [6, 6.07) is 18.0. The fourth-order valence-electron chi connectivity index (χ4n) is 8.23. The summed E-state index contributed by atoms with van der Waals surface area (Å²) < 4.78 is 0. The third-order valence-corrected chi connectivity index (χ3v) is 12.1. The lowest BCUT2D eigenvalue weighted by Crippen LogP contribution is -2.47. The summed E-state index contributed by atoms with van der Waals surface area (Å²) in [5.74, 6) is 0.561. The molecule has 0 radical (unpaired) electrons. The summed E-state index contributed by atoms with van der Waals surface area (Å²) in [7, 11) is 0. The van der Waals surface area contributed by atoms with Gasteiger partial charge in [-0.1, -0.05) is 50.1 Å². The average molecular weight is 682 g/mol. The van der Waals surface area contributed by atoms with E-state index in [1.807, 2.05) is 39.8 Å². The Morgan fingerprint density at radius 3 is 2.27 bits per heavy atom. The van der Waals surface area contributed by atoms with E-state index in [-0.39, 0.29) is 18.0 Å². The monoisotopic (exact) mass is 681 g/mol. The largest absolute Gasteiger partial charge is 0.346 e. The summed E-state index contributed by atoms with van der Waals surface area (Å²) in [6.45, 7) is 20.5. The lowest BCUT2D eigenvalue weighted by Gasteiger charge is -2.37. The zero-order valence-corrected chi connectivity index (χ0v) is 31.7. The Balaban J connectivity index is 0.00000205. The molecular formula is C41H55N5O2S. The number of aromatic amines is 1. The second-order valence-electron chi connectivity index (χ2n) is 15.4. The van der Waals surface area contributed by atoms with Crippen LogP contribution >= 0.6 is 11.3 Å². The van der Waals surface area contributed by atoms with Crippen LogP contribution in [0, 0.1) is 19.3 Å². The first kappa shape index (κ1) is 35.2. The van der Waals surface area contributed by atoms with Gasteiger partial charge in [-0.2, -0.15) is 0 Å². The number of carbonyl (C=O) groups excluding carboxylic acids is 2. The van der Waals surface area contributed by atoms with E-state index in [0.29, 0.717) is 23.4 Å². The van der Waals surface area contributed by atoms with Crippen molar-refractivity contribution in [3.63, 3.8) is 0 Å². The number of amides is 3. The number of H-pyrrole nitrogens is 1. The molecule has 2 aliphatic carbocycles. The number of aryl methyl sites for hydroxylation is 2. The van der Waals surface area contributed by atoms with E-state index < -0.39 is 5.41 Å². The molecule has 8 heteroatoms. The highest BCUT2D eigenvalue weighted by Crippen LogP contribution is 2.72. The number of nitrogens with zero attached hydrogens (tertiary/aromatic N) is 1. The molecule has 3 amide bonds. The van der Waals surface area contributed by atoms with Crippen molar-refractivity contribution in [2.75, 3.05) is 18.4 Å². The molecule has 4 N–H and O–H groups in total. The fourth-order valence-corrected chi connectivity index (χ4v) is 9.40. The molecule has 1 spiro atoms. The van der Waals surface area contributed by atoms with Crippen LogP contribution in [0.15, 0.2) is 48.5 Å². The van der Waals surface area contributed by atoms with Crippen LogP contribution in [-0.2, 0) is 16.6 Å². The first-order valence-electron chi connectivity index (χ1n) is 18.3. The van der Waals surface area contributed by atoms with E-state index in [2.05, 4.69) is 96.9 Å². The number of hydrogen-bond donors (Lipinski definition) is 4. The van der Waals surface area contributed by atoms with Gasteiger partial charge in [-0.3, -0.25) is 4.79 Å². The SMILES string of the molecule is CC.Cc1cc(C)cc(-c2[nH]c3sc(C(C)(C)C(=O)N4C5CC6(C5)CC46)cc3c2[C@H](C)CNCCc2ccc(NC(=O)NC(C)C)cc2)c1. The van der Waals surface area contributed by atoms with E-state index in [0.717, 1.165) is 34.9 Å². The molecule has 7 nitrogen and oxygen atoms in total. The molecule has 4 aromatic rings. The zero-order chi connectivity index (χ0) is 35.2. The van der Waals surface area contributed by atoms with Gasteiger partial charge in [0.1, 0.15) is 4.83 Å². The predicted octanol–water partition coefficient (Wildman–Crippen LogP) is 9.05. The molecule has 2 aliphatic heterocycles. The number of piperidine rings is 2. The molecule has 2 saturated heterocycles. The lowest BCUT2D eigenvalue weighted by molar-refractivity contribution is -0.138. The highest BCUT2D eigenvalue weighted by atomic mass is 32.1. The number of rotatable bonds is 11. The normalized spacial score (nSPS) is 21.1. The number of urea groups is 1. The van der Waals surface area contributed by atoms with E-state index in [1.54, 1.807) is 11.3 Å². The van der Waals surface area contributed by atoms with Crippen molar-refractivity contribution < 1.29 is 9.59 Å². The molecule has 4 aliphatic rings. The highest BCUT2D eigenvalue weighted by Gasteiger charge is 2.74. The average Bonchev–Trinajstić information content (AvgIpc) is 3.28. The summed E-state index contributed by atoms with van der Waals surface area (Å²) in [5.41, 5.74) is 8.19. The first-order valence-corrected chi connectivity index (χ1v) is 19.1. The number of hydrogen-bond acceptors (Lipinski definition) is 4. The maximum absolute atomic E-state index is 14.0. The molecule has 2 bridgehead atoms. The van der Waals surface area contributed by atoms with Crippen LogP contribution in [0.1, 0.15) is 101 Å². The summed E-state index contributed by atoms with van der Waals surface area (Å²) in [6.07, 6.45) is 4.55. The van der Waals surface area contributed by atoms with Gasteiger partial charge in [0.05, 0.1) is 11.1 Å². The van der Waals surface area contributed by atoms with Crippen LogP contribution in [0.25, 0.3) is 21.5 Å². The molecule has 262 valence electrons. The van der Waals surface area contributed by atoms with Crippen molar-refractivity contribution in [3.8, 4) is 11.3 Å². The van der Waals surface area contributed by atoms with Crippen LogP contribution in [0.4, 0.5) is 10.5 Å². The third-order valence-electron chi connectivity index (χ3n) is 10.8. The van der Waals surface area contributed by atoms with Crippen LogP contribution in [-0.4, -0.2) is 53.0 Å². The first-order chi connectivity index (χ1) is 23.3. The molecule has 4 heterocycles. The van der Waals surface area contributed by atoms with E-state index in [9.17, 15) is 9.59 Å². The molecule has 1 unspecified atom stereocenters. The zero-order valence-electron chi connectivity index (χ0n) is 30.8. The van der Waals surface area contributed by atoms with Crippen molar-refractivity contribution in [1.29, 1.82) is 0 Å². The number of anilines is 1. The smallest absolute Gasteiger partial charge is 0.319 e. The summed E-state index contributed by atoms with van der Waals surface area (Å²) >= 11 is 1.75. The summed E-state index contributed by atoms with van der Waals surface area (Å²) in [5, 5.41) is 10.7. The molecule has 4 fully saturated rings. The Morgan fingerprint density at radius 1 is 1.00 bits per heavy atom. The van der Waals surface area contributed by atoms with Gasteiger partial charge in [0, 0.05) is 40.6 Å². The van der Waals surface area contributed by atoms with Crippen LogP contribution in [0.5, 0.6) is 0 Å². The van der Waals surface area contributed by atoms with Gasteiger partial charge in [0.2, 0.25) is 5.91 Å². The van der Waals surface area contributed by atoms with Gasteiger partial charge in [-0.05, 0) is 132 Å². The molecule has 2 atom stereocenters.